The second-order valence-corrected chi connectivity index (χ2v) is 15.8. The number of urea groups is 1. The number of carbonyl (C=O) groups excluding carboxylic acids is 7. The van der Waals surface area contributed by atoms with Gasteiger partial charge in [-0.2, -0.15) is 5.10 Å². The Kier molecular flexibility index (Phi) is 20.2. The zero-order chi connectivity index (χ0) is 50.3. The van der Waals surface area contributed by atoms with Crippen LogP contribution in [0.2, 0.25) is 0 Å². The highest BCUT2D eigenvalue weighted by atomic mass is 32.2. The topological polar surface area (TPSA) is 328 Å². The molecule has 23 heteroatoms. The Morgan fingerprint density at radius 2 is 1.43 bits per heavy atom. The molecule has 1 aliphatic rings. The molecule has 22 nitrogen and oxygen atoms in total. The normalized spacial score (nSPS) is 17.0. The number of aliphatic carboxylic acids is 1. The predicted octanol–water partition coefficient (Wildman–Crippen LogP) is 1.45. The predicted molar refractivity (Wildman–Crippen MR) is 255 cm³/mol. The maximum absolute atomic E-state index is 14.0. The molecule has 364 valence electrons. The first-order chi connectivity index (χ1) is 33.7. The van der Waals surface area contributed by atoms with Gasteiger partial charge in [-0.3, -0.25) is 34.2 Å². The van der Waals surface area contributed by atoms with Crippen LogP contribution in [0.1, 0.15) is 46.3 Å². The van der Waals surface area contributed by atoms with Crippen molar-refractivity contribution < 1.29 is 52.2 Å². The number of anilines is 1. The first-order valence-electron chi connectivity index (χ1n) is 21.4. The highest BCUT2D eigenvalue weighted by molar-refractivity contribution is 7.79. The van der Waals surface area contributed by atoms with E-state index in [2.05, 4.69) is 58.0 Å². The minimum absolute atomic E-state index is 0.00456. The molecule has 8 amide bonds. The minimum Gasteiger partial charge on any atom is -0.478 e. The number of amides is 8. The van der Waals surface area contributed by atoms with Crippen molar-refractivity contribution in [1.29, 1.82) is 0 Å². The molecule has 2 atom stereocenters. The van der Waals surface area contributed by atoms with E-state index in [1.807, 2.05) is 30.3 Å². The molecule has 2 heterocycles. The number of carbonyl (C=O) groups is 8. The molecule has 0 aliphatic carbocycles. The van der Waals surface area contributed by atoms with Crippen molar-refractivity contribution >= 4 is 70.6 Å². The number of hydrazone groups is 1. The van der Waals surface area contributed by atoms with Gasteiger partial charge >= 0.3 is 12.0 Å². The third kappa shape index (κ3) is 17.4. The molecule has 5 rings (SSSR count). The number of pyridine rings is 1. The van der Waals surface area contributed by atoms with Crippen LogP contribution in [0.5, 0.6) is 0 Å². The SMILES string of the molecule is O=C(O)/C=C1/NC(=O)CNC(=O)/C(=C/CCNC(=O)NCc2ccccc2)NC(=O)/C(=C/CCCNC(=O)c2ccc(N/N=C/c3ccccc3S(=O)O)nc2)NC(=O)[C@@H](Cc2ccccc2)NC1=O. The summed E-state index contributed by atoms with van der Waals surface area (Å²) in [5.41, 5.74) is 3.23. The number of aromatic nitrogens is 1. The van der Waals surface area contributed by atoms with E-state index in [4.69, 9.17) is 0 Å². The van der Waals surface area contributed by atoms with Gasteiger partial charge in [0.25, 0.3) is 23.6 Å². The van der Waals surface area contributed by atoms with E-state index in [1.54, 1.807) is 48.5 Å². The lowest BCUT2D eigenvalue weighted by molar-refractivity contribution is -0.132. The summed E-state index contributed by atoms with van der Waals surface area (Å²) in [6, 6.07) is 25.0. The van der Waals surface area contributed by atoms with Gasteiger partial charge in [-0.25, -0.2) is 18.8 Å². The fourth-order valence-corrected chi connectivity index (χ4v) is 6.76. The minimum atomic E-state index is -2.21. The molecule has 0 spiro atoms. The Morgan fingerprint density at radius 1 is 0.743 bits per heavy atom. The summed E-state index contributed by atoms with van der Waals surface area (Å²) in [7, 11) is 0. The summed E-state index contributed by atoms with van der Waals surface area (Å²) in [6.07, 6.45) is 5.84. The first kappa shape index (κ1) is 52.1. The zero-order valence-corrected chi connectivity index (χ0v) is 38.0. The molecular formula is C47H49N11O11S. The summed E-state index contributed by atoms with van der Waals surface area (Å²) >= 11 is -2.21. The number of carboxylic acids is 1. The number of allylic oxidation sites excluding steroid dienone is 1. The van der Waals surface area contributed by atoms with Crippen LogP contribution in [0.15, 0.2) is 149 Å². The van der Waals surface area contributed by atoms with Crippen molar-refractivity contribution in [3.8, 4) is 0 Å². The lowest BCUT2D eigenvalue weighted by atomic mass is 10.0. The Balaban J connectivity index is 1.31. The van der Waals surface area contributed by atoms with E-state index in [0.717, 1.165) is 5.56 Å². The standard InChI is InChI=1S/C47H49N11O11S/c59-40-29-51-43(63)34(18-11-23-49-47(67)52-26-31-14-5-2-6-15-31)55-44(64)35(56-45(65)36(24-30-12-3-1-4-13-30)57-46(66)37(54-40)25-41(60)61)17-9-10-22-48-42(62)33-20-21-39(50-27-33)58-53-28-32-16-7-8-19-38(32)70(68)69/h1-8,12-21,25,27-28,36H,9-11,22-24,26,29H2,(H,48,62)(H,50,58)(H,51,63)(H,54,59)(H,55,64)(H,56,65)(H,57,66)(H,60,61)(H,68,69)(H2,49,52,67)/b34-18-,35-17-,37-25+,53-28+/t36-/m1/s1. The average molecular weight is 976 g/mol. The Bertz CT molecular complexity index is 2700. The molecule has 1 aliphatic heterocycles. The number of carboxylic acid groups (broad SMARTS) is 1. The molecule has 4 aromatic rings. The van der Waals surface area contributed by atoms with Gasteiger partial charge in [-0.15, -0.1) is 0 Å². The zero-order valence-electron chi connectivity index (χ0n) is 37.2. The average Bonchev–Trinajstić information content (AvgIpc) is 3.35. The fraction of sp³-hybridized carbons (Fsp3) is 0.191. The highest BCUT2D eigenvalue weighted by Crippen LogP contribution is 2.12. The first-order valence-corrected chi connectivity index (χ1v) is 22.5. The van der Waals surface area contributed by atoms with Gasteiger partial charge in [0.05, 0.1) is 29.3 Å². The molecule has 0 saturated carbocycles. The van der Waals surface area contributed by atoms with Crippen LogP contribution in [0.25, 0.3) is 0 Å². The molecular weight excluding hydrogens is 927 g/mol. The fourth-order valence-electron chi connectivity index (χ4n) is 6.24. The van der Waals surface area contributed by atoms with Gasteiger partial charge < -0.3 is 52.2 Å². The maximum Gasteiger partial charge on any atom is 0.330 e. The number of rotatable bonds is 17. The van der Waals surface area contributed by atoms with Crippen LogP contribution in [-0.2, 0) is 52.8 Å². The third-order valence-corrected chi connectivity index (χ3v) is 10.4. The quantitative estimate of drug-likeness (QED) is 0.0235. The van der Waals surface area contributed by atoms with Crippen molar-refractivity contribution in [2.45, 2.75) is 43.2 Å². The Labute approximate surface area is 403 Å². The molecule has 1 saturated heterocycles. The van der Waals surface area contributed by atoms with Gasteiger partial charge in [0.1, 0.15) is 29.0 Å². The van der Waals surface area contributed by atoms with Crippen LogP contribution in [-0.4, -0.2) is 98.2 Å². The molecule has 11 N–H and O–H groups in total. The molecule has 3 aromatic carbocycles. The number of hydrogen-bond donors (Lipinski definition) is 11. The van der Waals surface area contributed by atoms with E-state index < -0.39 is 76.8 Å². The summed E-state index contributed by atoms with van der Waals surface area (Å²) in [5, 5.41) is 33.4. The molecule has 1 unspecified atom stereocenters. The lowest BCUT2D eigenvalue weighted by Crippen LogP contribution is -2.51. The van der Waals surface area contributed by atoms with E-state index in [1.165, 1.54) is 42.8 Å². The smallest absolute Gasteiger partial charge is 0.330 e. The van der Waals surface area contributed by atoms with Gasteiger partial charge in [0.15, 0.2) is 11.1 Å². The van der Waals surface area contributed by atoms with E-state index >= 15 is 0 Å². The van der Waals surface area contributed by atoms with Gasteiger partial charge in [0.2, 0.25) is 11.8 Å². The van der Waals surface area contributed by atoms with E-state index in [9.17, 15) is 52.2 Å². The van der Waals surface area contributed by atoms with Crippen molar-refractivity contribution in [1.82, 2.24) is 47.5 Å². The van der Waals surface area contributed by atoms with Gasteiger partial charge in [0, 0.05) is 37.8 Å². The van der Waals surface area contributed by atoms with E-state index in [-0.39, 0.29) is 73.0 Å². The van der Waals surface area contributed by atoms with E-state index in [0.29, 0.717) is 17.2 Å². The highest BCUT2D eigenvalue weighted by Gasteiger charge is 2.28. The maximum atomic E-state index is 14.0. The third-order valence-electron chi connectivity index (χ3n) is 9.70. The molecule has 0 radical (unpaired) electrons. The van der Waals surface area contributed by atoms with Crippen molar-refractivity contribution in [2.75, 3.05) is 25.1 Å². The molecule has 0 bridgehead atoms. The molecule has 1 aromatic heterocycles. The Hall–Kier alpha value is -8.83. The monoisotopic (exact) mass is 975 g/mol. The molecule has 1 fully saturated rings. The van der Waals surface area contributed by atoms with Gasteiger partial charge in [-0.05, 0) is 48.6 Å². The summed E-state index contributed by atoms with van der Waals surface area (Å²) in [5.74, 6) is -6.87. The van der Waals surface area contributed by atoms with Crippen LogP contribution >= 0.6 is 0 Å². The van der Waals surface area contributed by atoms with Gasteiger partial charge in [-0.1, -0.05) is 91.0 Å². The van der Waals surface area contributed by atoms with Crippen molar-refractivity contribution in [2.24, 2.45) is 5.10 Å². The number of hydrogen-bond acceptors (Lipinski definition) is 12. The number of unbranched alkanes of at least 4 members (excludes halogenated alkanes) is 1. The van der Waals surface area contributed by atoms with Crippen LogP contribution in [0.4, 0.5) is 10.6 Å². The number of benzene rings is 3. The summed E-state index contributed by atoms with van der Waals surface area (Å²) < 4.78 is 21.0. The molecule has 70 heavy (non-hydrogen) atoms. The summed E-state index contributed by atoms with van der Waals surface area (Å²) in [6.45, 7) is -0.460. The Morgan fingerprint density at radius 3 is 2.13 bits per heavy atom. The number of nitrogens with zero attached hydrogens (tertiary/aromatic N) is 2. The van der Waals surface area contributed by atoms with Crippen molar-refractivity contribution in [3.63, 3.8) is 0 Å². The van der Waals surface area contributed by atoms with Crippen molar-refractivity contribution in [3.05, 3.63) is 161 Å². The summed E-state index contributed by atoms with van der Waals surface area (Å²) in [4.78, 5) is 109. The van der Waals surface area contributed by atoms with Crippen LogP contribution in [0.3, 0.4) is 0 Å². The van der Waals surface area contributed by atoms with Crippen LogP contribution in [0, 0.1) is 0 Å². The largest absolute Gasteiger partial charge is 0.478 e. The van der Waals surface area contributed by atoms with Crippen LogP contribution < -0.4 is 48.0 Å². The second-order valence-electron chi connectivity index (χ2n) is 14.9. The number of nitrogens with one attached hydrogen (secondary N) is 9. The second kappa shape index (κ2) is 27.1. The lowest BCUT2D eigenvalue weighted by Gasteiger charge is -2.20.